The van der Waals surface area contributed by atoms with Crippen molar-refractivity contribution < 1.29 is 28.7 Å². The zero-order chi connectivity index (χ0) is 52.5. The van der Waals surface area contributed by atoms with Crippen LogP contribution in [0.1, 0.15) is 109 Å². The Morgan fingerprint density at radius 1 is 0.595 bits per heavy atom. The Morgan fingerprint density at radius 2 is 1.11 bits per heavy atom. The van der Waals surface area contributed by atoms with Gasteiger partial charge in [-0.05, 0) is 122 Å². The number of aromatic amines is 2. The third kappa shape index (κ3) is 12.6. The minimum Gasteiger partial charge on any atom is -0.493 e. The summed E-state index contributed by atoms with van der Waals surface area (Å²) in [6, 6.07) is 25.5. The summed E-state index contributed by atoms with van der Waals surface area (Å²) in [6.45, 7) is 21.1. The number of benzene rings is 4. The van der Waals surface area contributed by atoms with Crippen LogP contribution in [0.3, 0.4) is 0 Å². The SMILES string of the molecule is C1CCNC1.CCOc1cc2[nH]cc(C(=O)C(=O)N3CCCC3)c2cc1C(=O)N1C[C@H](C)N(Cc2ccccc2Cl)C[C@H]1C.CCOc1cc2[nH]ccc2cc1C(=O)N1C[C@H](C)N(Cc2ccccc2Cl)C[C@H]1C. The van der Waals surface area contributed by atoms with E-state index >= 15 is 0 Å². The third-order valence-corrected chi connectivity index (χ3v) is 15.4. The topological polar surface area (TPSA) is 147 Å². The Balaban J connectivity index is 0.000000185. The number of Topliss-reactive ketones (excluding diaryl/α,β-unsaturated/α-hetero) is 1. The second-order valence-corrected chi connectivity index (χ2v) is 20.8. The number of halogens is 2. The number of H-pyrrole nitrogens is 2. The number of hydrogen-bond acceptors (Lipinski definition) is 9. The molecular weight excluding hydrogens is 976 g/mol. The molecule has 0 radical (unpaired) electrons. The predicted octanol–water partition coefficient (Wildman–Crippen LogP) is 10.1. The van der Waals surface area contributed by atoms with E-state index in [1.807, 2.05) is 97.4 Å². The highest BCUT2D eigenvalue weighted by atomic mass is 35.5. The summed E-state index contributed by atoms with van der Waals surface area (Å²) in [5.41, 5.74) is 5.11. The molecule has 4 atom stereocenters. The van der Waals surface area contributed by atoms with Gasteiger partial charge in [-0.2, -0.15) is 0 Å². The molecule has 394 valence electrons. The summed E-state index contributed by atoms with van der Waals surface area (Å²) in [5, 5.41) is 6.32. The van der Waals surface area contributed by atoms with Gasteiger partial charge in [0.15, 0.2) is 0 Å². The van der Waals surface area contributed by atoms with Gasteiger partial charge < -0.3 is 39.5 Å². The minimum atomic E-state index is -0.555. The van der Waals surface area contributed by atoms with Crippen LogP contribution in [0.25, 0.3) is 21.8 Å². The van der Waals surface area contributed by atoms with Gasteiger partial charge in [0.25, 0.3) is 23.5 Å². The van der Waals surface area contributed by atoms with E-state index < -0.39 is 11.7 Å². The number of carbonyl (C=O) groups excluding carboxylic acids is 4. The normalized spacial score (nSPS) is 20.2. The van der Waals surface area contributed by atoms with E-state index in [9.17, 15) is 19.2 Å². The van der Waals surface area contributed by atoms with Crippen molar-refractivity contribution in [2.24, 2.45) is 0 Å². The molecule has 0 unspecified atom stereocenters. The fourth-order valence-electron chi connectivity index (χ4n) is 10.5. The average molecular weight is 1050 g/mol. The van der Waals surface area contributed by atoms with Crippen molar-refractivity contribution in [2.45, 2.75) is 104 Å². The summed E-state index contributed by atoms with van der Waals surface area (Å²) in [7, 11) is 0. The molecular formula is C58H72Cl2N8O6. The molecule has 0 bridgehead atoms. The Bertz CT molecular complexity index is 2900. The first-order valence-corrected chi connectivity index (χ1v) is 27.1. The monoisotopic (exact) mass is 1050 g/mol. The predicted molar refractivity (Wildman–Crippen MR) is 295 cm³/mol. The molecule has 6 heterocycles. The van der Waals surface area contributed by atoms with Crippen molar-refractivity contribution in [3.05, 3.63) is 129 Å². The number of aromatic nitrogens is 2. The summed E-state index contributed by atoms with van der Waals surface area (Å²) in [5.74, 6) is -0.0788. The molecule has 16 heteroatoms. The largest absolute Gasteiger partial charge is 0.493 e. The number of hydrogen-bond donors (Lipinski definition) is 3. The maximum atomic E-state index is 14.0. The Kier molecular flexibility index (Phi) is 18.4. The van der Waals surface area contributed by atoms with Crippen molar-refractivity contribution in [2.75, 3.05) is 65.6 Å². The highest BCUT2D eigenvalue weighted by Gasteiger charge is 2.36. The number of piperazine rings is 2. The highest BCUT2D eigenvalue weighted by molar-refractivity contribution is 6.45. The van der Waals surface area contributed by atoms with Gasteiger partial charge >= 0.3 is 0 Å². The number of rotatable bonds is 12. The van der Waals surface area contributed by atoms with Gasteiger partial charge in [0.2, 0.25) is 0 Å². The standard InChI is InChI=1S/C30H35ClN4O4.C24H28ClN3O2.C4H9N/c1-4-39-27-14-26-22(24(15-32-26)28(36)30(38)33-11-7-8-12-33)13-23(27)29(37)35-17-19(2)34(16-20(35)3)18-21-9-5-6-10-25(21)31;1-4-30-23-12-22-18(9-10-26-22)11-20(23)24(29)28-14-16(2)27(13-17(28)3)15-19-7-5-6-8-21(19)25;1-2-4-5-3-1/h5-6,9-10,13-15,19-20,32H,4,7-8,11-12,16-18H2,1-3H3;5-12,16-17,26H,4,13-15H2,1-3H3;5H,1-4H2/t19-,20+;16-,17+;/m00./s1. The second-order valence-electron chi connectivity index (χ2n) is 20.0. The molecule has 4 fully saturated rings. The molecule has 0 spiro atoms. The fourth-order valence-corrected chi connectivity index (χ4v) is 10.9. The van der Waals surface area contributed by atoms with Crippen molar-refractivity contribution in [3.8, 4) is 11.5 Å². The van der Waals surface area contributed by atoms with E-state index in [1.165, 1.54) is 25.9 Å². The Labute approximate surface area is 445 Å². The first-order chi connectivity index (χ1) is 35.8. The zero-order valence-corrected chi connectivity index (χ0v) is 45.2. The van der Waals surface area contributed by atoms with E-state index in [-0.39, 0.29) is 41.5 Å². The highest BCUT2D eigenvalue weighted by Crippen LogP contribution is 2.33. The van der Waals surface area contributed by atoms with Gasteiger partial charge in [0, 0.05) is 133 Å². The van der Waals surface area contributed by atoms with E-state index in [4.69, 9.17) is 32.7 Å². The van der Waals surface area contributed by atoms with Crippen LogP contribution in [-0.2, 0) is 17.9 Å². The van der Waals surface area contributed by atoms with Gasteiger partial charge in [0.1, 0.15) is 11.5 Å². The molecule has 2 aromatic heterocycles. The summed E-state index contributed by atoms with van der Waals surface area (Å²) >= 11 is 12.8. The lowest BCUT2D eigenvalue weighted by Gasteiger charge is -2.44. The van der Waals surface area contributed by atoms with Crippen molar-refractivity contribution in [1.29, 1.82) is 0 Å². The number of amides is 3. The number of ketones is 1. The molecule has 4 aliphatic rings. The maximum absolute atomic E-state index is 14.0. The van der Waals surface area contributed by atoms with E-state index in [0.717, 1.165) is 58.0 Å². The molecule has 74 heavy (non-hydrogen) atoms. The number of fused-ring (bicyclic) bond motifs is 2. The maximum Gasteiger partial charge on any atom is 0.295 e. The fraction of sp³-hybridized carbons (Fsp3) is 0.448. The number of nitrogens with zero attached hydrogens (tertiary/aromatic N) is 5. The number of carbonyl (C=O) groups is 4. The molecule has 4 aromatic carbocycles. The van der Waals surface area contributed by atoms with Crippen LogP contribution in [0.4, 0.5) is 0 Å². The van der Waals surface area contributed by atoms with Crippen molar-refractivity contribution in [3.63, 3.8) is 0 Å². The minimum absolute atomic E-state index is 0.0262. The van der Waals surface area contributed by atoms with E-state index in [0.29, 0.717) is 86.0 Å². The van der Waals surface area contributed by atoms with Gasteiger partial charge in [0.05, 0.1) is 29.9 Å². The lowest BCUT2D eigenvalue weighted by Crippen LogP contribution is -2.57. The average Bonchev–Trinajstić information content (AvgIpc) is 4.27. The summed E-state index contributed by atoms with van der Waals surface area (Å²) < 4.78 is 11.7. The molecule has 4 saturated heterocycles. The molecule has 4 aliphatic heterocycles. The number of nitrogens with one attached hydrogen (secondary N) is 3. The summed E-state index contributed by atoms with van der Waals surface area (Å²) in [6.07, 6.45) is 8.03. The molecule has 3 N–H and O–H groups in total. The third-order valence-electron chi connectivity index (χ3n) is 14.7. The molecule has 14 nitrogen and oxygen atoms in total. The second kappa shape index (κ2) is 25.1. The van der Waals surface area contributed by atoms with Crippen LogP contribution in [0.2, 0.25) is 10.0 Å². The van der Waals surface area contributed by atoms with Crippen LogP contribution < -0.4 is 14.8 Å². The van der Waals surface area contributed by atoms with Crippen molar-refractivity contribution in [1.82, 2.24) is 39.8 Å². The van der Waals surface area contributed by atoms with E-state index in [2.05, 4.69) is 51.9 Å². The van der Waals surface area contributed by atoms with Gasteiger partial charge in [-0.3, -0.25) is 29.0 Å². The summed E-state index contributed by atoms with van der Waals surface area (Å²) in [4.78, 5) is 70.0. The van der Waals surface area contributed by atoms with E-state index in [1.54, 1.807) is 23.2 Å². The molecule has 0 saturated carbocycles. The van der Waals surface area contributed by atoms with Gasteiger partial charge in [-0.15, -0.1) is 0 Å². The lowest BCUT2D eigenvalue weighted by molar-refractivity contribution is -0.125. The Hall–Kier alpha value is -5.90. The smallest absolute Gasteiger partial charge is 0.295 e. The first kappa shape index (κ1) is 54.4. The first-order valence-electron chi connectivity index (χ1n) is 26.4. The van der Waals surface area contributed by atoms with Crippen LogP contribution in [0.15, 0.2) is 91.3 Å². The molecule has 6 aromatic rings. The van der Waals surface area contributed by atoms with Crippen LogP contribution in [0, 0.1) is 0 Å². The van der Waals surface area contributed by atoms with Gasteiger partial charge in [-0.25, -0.2) is 0 Å². The number of likely N-dealkylation sites (tertiary alicyclic amines) is 1. The molecule has 0 aliphatic carbocycles. The quantitative estimate of drug-likeness (QED) is 0.0805. The van der Waals surface area contributed by atoms with Gasteiger partial charge in [-0.1, -0.05) is 59.6 Å². The number of ether oxygens (including phenoxy) is 2. The lowest BCUT2D eigenvalue weighted by atomic mass is 10.0. The van der Waals surface area contributed by atoms with Crippen LogP contribution in [0.5, 0.6) is 11.5 Å². The Morgan fingerprint density at radius 3 is 1.61 bits per heavy atom. The molecule has 3 amide bonds. The van der Waals surface area contributed by atoms with Crippen LogP contribution >= 0.6 is 23.2 Å². The molecule has 10 rings (SSSR count). The van der Waals surface area contributed by atoms with Crippen LogP contribution in [-0.4, -0.2) is 148 Å². The van der Waals surface area contributed by atoms with Crippen molar-refractivity contribution >= 4 is 68.5 Å². The zero-order valence-electron chi connectivity index (χ0n) is 43.7.